The van der Waals surface area contributed by atoms with Crippen molar-refractivity contribution in [3.8, 4) is 0 Å². The van der Waals surface area contributed by atoms with Crippen LogP contribution in [0.1, 0.15) is 40.0 Å². The zero-order chi connectivity index (χ0) is 14.8. The van der Waals surface area contributed by atoms with Crippen LogP contribution in [0.25, 0.3) is 0 Å². The average Bonchev–Trinajstić information content (AvgIpc) is 2.66. The van der Waals surface area contributed by atoms with Crippen LogP contribution in [0, 0.1) is 11.3 Å². The van der Waals surface area contributed by atoms with Crippen molar-refractivity contribution in [1.29, 1.82) is 0 Å². The summed E-state index contributed by atoms with van der Waals surface area (Å²) in [6.07, 6.45) is 4.63. The van der Waals surface area contributed by atoms with E-state index in [0.717, 1.165) is 25.9 Å². The molecule has 1 atom stereocenters. The SMILES string of the molecule is CC(C)(C)C1CCC(=O)N(CCn2ccc(N)n2)CC1. The Morgan fingerprint density at radius 2 is 2.10 bits per heavy atom. The fourth-order valence-corrected chi connectivity index (χ4v) is 2.86. The number of rotatable bonds is 3. The van der Waals surface area contributed by atoms with E-state index in [9.17, 15) is 4.79 Å². The van der Waals surface area contributed by atoms with Gasteiger partial charge < -0.3 is 10.6 Å². The molecule has 1 fully saturated rings. The summed E-state index contributed by atoms with van der Waals surface area (Å²) in [4.78, 5) is 14.2. The van der Waals surface area contributed by atoms with Gasteiger partial charge in [0.2, 0.25) is 5.91 Å². The summed E-state index contributed by atoms with van der Waals surface area (Å²) in [6.45, 7) is 9.09. The molecule has 0 bridgehead atoms. The van der Waals surface area contributed by atoms with Gasteiger partial charge in [0.05, 0.1) is 6.54 Å². The largest absolute Gasteiger partial charge is 0.382 e. The lowest BCUT2D eigenvalue weighted by atomic mass is 9.77. The maximum Gasteiger partial charge on any atom is 0.222 e. The summed E-state index contributed by atoms with van der Waals surface area (Å²) in [5.74, 6) is 1.42. The predicted molar refractivity (Wildman–Crippen MR) is 80.0 cm³/mol. The van der Waals surface area contributed by atoms with Gasteiger partial charge in [0.15, 0.2) is 0 Å². The van der Waals surface area contributed by atoms with Crippen molar-refractivity contribution >= 4 is 11.7 Å². The van der Waals surface area contributed by atoms with E-state index in [4.69, 9.17) is 5.73 Å². The Labute approximate surface area is 121 Å². The lowest BCUT2D eigenvalue weighted by Crippen LogP contribution is -2.33. The number of amides is 1. The Hall–Kier alpha value is -1.52. The zero-order valence-corrected chi connectivity index (χ0v) is 12.8. The molecule has 0 spiro atoms. The molecule has 1 aliphatic rings. The monoisotopic (exact) mass is 278 g/mol. The van der Waals surface area contributed by atoms with Gasteiger partial charge in [-0.2, -0.15) is 5.10 Å². The zero-order valence-electron chi connectivity index (χ0n) is 12.8. The number of nitrogens with two attached hydrogens (primary N) is 1. The number of nitrogens with zero attached hydrogens (tertiary/aromatic N) is 3. The van der Waals surface area contributed by atoms with Crippen LogP contribution in [0.5, 0.6) is 0 Å². The highest BCUT2D eigenvalue weighted by atomic mass is 16.2. The van der Waals surface area contributed by atoms with Crippen LogP contribution < -0.4 is 5.73 Å². The van der Waals surface area contributed by atoms with Crippen molar-refractivity contribution in [3.05, 3.63) is 12.3 Å². The van der Waals surface area contributed by atoms with Gasteiger partial charge in [-0.1, -0.05) is 20.8 Å². The lowest BCUT2D eigenvalue weighted by molar-refractivity contribution is -0.130. The summed E-state index contributed by atoms with van der Waals surface area (Å²) in [5.41, 5.74) is 5.88. The number of carbonyl (C=O) groups is 1. The number of aromatic nitrogens is 2. The summed E-state index contributed by atoms with van der Waals surface area (Å²) in [5, 5.41) is 4.15. The third kappa shape index (κ3) is 3.74. The number of hydrogen-bond donors (Lipinski definition) is 1. The Kier molecular flexibility index (Phi) is 4.35. The summed E-state index contributed by atoms with van der Waals surface area (Å²) >= 11 is 0. The standard InChI is InChI=1S/C15H26N4O/c1-15(2,3)12-4-5-14(20)18(8-6-12)10-11-19-9-7-13(16)17-19/h7,9,12H,4-6,8,10-11H2,1-3H3,(H2,16,17). The molecule has 5 nitrogen and oxygen atoms in total. The minimum absolute atomic E-state index is 0.275. The molecule has 2 N–H and O–H groups in total. The predicted octanol–water partition coefficient (Wildman–Crippen LogP) is 2.14. The van der Waals surface area contributed by atoms with Crippen LogP contribution in [0.3, 0.4) is 0 Å². The fraction of sp³-hybridized carbons (Fsp3) is 0.733. The van der Waals surface area contributed by atoms with Gasteiger partial charge in [-0.3, -0.25) is 9.48 Å². The van der Waals surface area contributed by atoms with Crippen molar-refractivity contribution in [1.82, 2.24) is 14.7 Å². The molecule has 0 radical (unpaired) electrons. The molecule has 1 saturated heterocycles. The molecule has 0 aliphatic carbocycles. The first-order chi connectivity index (χ1) is 9.36. The summed E-state index contributed by atoms with van der Waals surface area (Å²) < 4.78 is 1.80. The molecule has 20 heavy (non-hydrogen) atoms. The molecule has 1 aromatic rings. The Balaban J connectivity index is 1.90. The molecule has 1 aromatic heterocycles. The minimum Gasteiger partial charge on any atom is -0.382 e. The molecular formula is C15H26N4O. The Bertz CT molecular complexity index is 461. The highest BCUT2D eigenvalue weighted by Gasteiger charge is 2.29. The number of nitrogen functional groups attached to an aromatic ring is 1. The average molecular weight is 278 g/mol. The second-order valence-corrected chi connectivity index (χ2v) is 6.77. The topological polar surface area (TPSA) is 64.2 Å². The van der Waals surface area contributed by atoms with E-state index < -0.39 is 0 Å². The first kappa shape index (κ1) is 14.9. The quantitative estimate of drug-likeness (QED) is 0.921. The van der Waals surface area contributed by atoms with E-state index >= 15 is 0 Å². The van der Waals surface area contributed by atoms with Gasteiger partial charge in [0.1, 0.15) is 5.82 Å². The third-order valence-corrected chi connectivity index (χ3v) is 4.29. The van der Waals surface area contributed by atoms with Gasteiger partial charge in [0, 0.05) is 25.7 Å². The Morgan fingerprint density at radius 1 is 1.35 bits per heavy atom. The van der Waals surface area contributed by atoms with E-state index in [1.165, 1.54) is 0 Å². The second-order valence-electron chi connectivity index (χ2n) is 6.77. The highest BCUT2D eigenvalue weighted by Crippen LogP contribution is 2.34. The third-order valence-electron chi connectivity index (χ3n) is 4.29. The first-order valence-electron chi connectivity index (χ1n) is 7.43. The molecule has 112 valence electrons. The molecule has 2 heterocycles. The van der Waals surface area contributed by atoms with Gasteiger partial charge in [-0.25, -0.2) is 0 Å². The maximum atomic E-state index is 12.2. The van der Waals surface area contributed by atoms with Gasteiger partial charge in [-0.05, 0) is 30.2 Å². The lowest BCUT2D eigenvalue weighted by Gasteiger charge is -2.29. The molecule has 1 unspecified atom stereocenters. The number of anilines is 1. The van der Waals surface area contributed by atoms with Crippen molar-refractivity contribution in [3.63, 3.8) is 0 Å². The van der Waals surface area contributed by atoms with E-state index in [2.05, 4.69) is 25.9 Å². The highest BCUT2D eigenvalue weighted by molar-refractivity contribution is 5.76. The number of carbonyl (C=O) groups excluding carboxylic acids is 1. The maximum absolute atomic E-state index is 12.2. The van der Waals surface area contributed by atoms with Crippen LogP contribution >= 0.6 is 0 Å². The first-order valence-corrected chi connectivity index (χ1v) is 7.43. The van der Waals surface area contributed by atoms with E-state index in [-0.39, 0.29) is 11.3 Å². The second kappa shape index (κ2) is 5.85. The fourth-order valence-electron chi connectivity index (χ4n) is 2.86. The van der Waals surface area contributed by atoms with Gasteiger partial charge >= 0.3 is 0 Å². The number of hydrogen-bond acceptors (Lipinski definition) is 3. The summed E-state index contributed by atoms with van der Waals surface area (Å²) in [6, 6.07) is 1.78. The molecular weight excluding hydrogens is 252 g/mol. The van der Waals surface area contributed by atoms with Crippen molar-refractivity contribution in [2.75, 3.05) is 18.8 Å². The van der Waals surface area contributed by atoms with Gasteiger partial charge in [-0.15, -0.1) is 0 Å². The Morgan fingerprint density at radius 3 is 2.70 bits per heavy atom. The van der Waals surface area contributed by atoms with Crippen molar-refractivity contribution in [2.45, 2.75) is 46.6 Å². The molecule has 2 rings (SSSR count). The van der Waals surface area contributed by atoms with E-state index in [1.807, 2.05) is 11.1 Å². The number of likely N-dealkylation sites (tertiary alicyclic amines) is 1. The molecule has 0 aromatic carbocycles. The van der Waals surface area contributed by atoms with Crippen LogP contribution in [0.4, 0.5) is 5.82 Å². The minimum atomic E-state index is 0.275. The van der Waals surface area contributed by atoms with E-state index in [1.54, 1.807) is 10.7 Å². The van der Waals surface area contributed by atoms with Crippen molar-refractivity contribution in [2.24, 2.45) is 11.3 Å². The van der Waals surface area contributed by atoms with Crippen molar-refractivity contribution < 1.29 is 4.79 Å². The molecule has 5 heteroatoms. The van der Waals surface area contributed by atoms with Crippen LogP contribution in [-0.2, 0) is 11.3 Å². The van der Waals surface area contributed by atoms with E-state index in [0.29, 0.717) is 24.7 Å². The summed E-state index contributed by atoms with van der Waals surface area (Å²) in [7, 11) is 0. The van der Waals surface area contributed by atoms with Gasteiger partial charge in [0.25, 0.3) is 0 Å². The van der Waals surface area contributed by atoms with Crippen LogP contribution in [-0.4, -0.2) is 33.7 Å². The molecule has 1 aliphatic heterocycles. The molecule has 1 amide bonds. The normalized spacial score (nSPS) is 21.1. The van der Waals surface area contributed by atoms with Crippen LogP contribution in [0.15, 0.2) is 12.3 Å². The smallest absolute Gasteiger partial charge is 0.222 e. The molecule has 0 saturated carbocycles. The van der Waals surface area contributed by atoms with Crippen LogP contribution in [0.2, 0.25) is 0 Å².